The number of hydrogen-bond acceptors (Lipinski definition) is 1. The Kier molecular flexibility index (Phi) is 6.98. The third-order valence-corrected chi connectivity index (χ3v) is 3.92. The van der Waals surface area contributed by atoms with E-state index < -0.39 is 0 Å². The molecular formula is C21H21ClFN. The second kappa shape index (κ2) is 9.21. The van der Waals surface area contributed by atoms with Crippen LogP contribution in [0.1, 0.15) is 11.1 Å². The van der Waals surface area contributed by atoms with Gasteiger partial charge in [-0.15, -0.1) is 12.4 Å². The summed E-state index contributed by atoms with van der Waals surface area (Å²) in [6.07, 6.45) is 0.703. The molecule has 0 heterocycles. The summed E-state index contributed by atoms with van der Waals surface area (Å²) in [5.74, 6) is -0.124. The summed E-state index contributed by atoms with van der Waals surface area (Å²) in [5.41, 5.74) is 4.45. The number of nitrogens with one attached hydrogen (secondary N) is 1. The van der Waals surface area contributed by atoms with E-state index in [-0.39, 0.29) is 18.2 Å². The average Bonchev–Trinajstić information content (AvgIpc) is 2.61. The molecule has 124 valence electrons. The molecule has 1 nitrogen and oxygen atoms in total. The fourth-order valence-corrected chi connectivity index (χ4v) is 2.60. The maximum absolute atomic E-state index is 13.5. The van der Waals surface area contributed by atoms with Gasteiger partial charge in [-0.2, -0.15) is 0 Å². The van der Waals surface area contributed by atoms with Crippen LogP contribution in [-0.2, 0) is 13.0 Å². The highest BCUT2D eigenvalue weighted by Crippen LogP contribution is 2.19. The lowest BCUT2D eigenvalue weighted by Gasteiger charge is -2.07. The number of halogens is 2. The van der Waals surface area contributed by atoms with Crippen LogP contribution in [0, 0.1) is 5.82 Å². The van der Waals surface area contributed by atoms with E-state index >= 15 is 0 Å². The highest BCUT2D eigenvalue weighted by Gasteiger charge is 2.00. The summed E-state index contributed by atoms with van der Waals surface area (Å²) < 4.78 is 13.5. The second-order valence-corrected chi connectivity index (χ2v) is 5.58. The van der Waals surface area contributed by atoms with E-state index in [9.17, 15) is 4.39 Å². The summed E-state index contributed by atoms with van der Waals surface area (Å²) in [7, 11) is 0. The zero-order chi connectivity index (χ0) is 15.9. The Morgan fingerprint density at radius 2 is 1.33 bits per heavy atom. The van der Waals surface area contributed by atoms with Gasteiger partial charge in [0.2, 0.25) is 0 Å². The van der Waals surface area contributed by atoms with Crippen LogP contribution in [0.25, 0.3) is 11.1 Å². The van der Waals surface area contributed by atoms with Crippen molar-refractivity contribution in [2.45, 2.75) is 13.0 Å². The Bertz CT molecular complexity index is 741. The third kappa shape index (κ3) is 4.92. The highest BCUT2D eigenvalue weighted by atomic mass is 35.5. The SMILES string of the molecule is Cl.Fc1ccccc1CCNCc1ccc(-c2ccccc2)cc1. The largest absolute Gasteiger partial charge is 0.312 e. The molecule has 0 saturated carbocycles. The molecule has 0 spiro atoms. The summed E-state index contributed by atoms with van der Waals surface area (Å²) in [4.78, 5) is 0. The maximum atomic E-state index is 13.5. The van der Waals surface area contributed by atoms with Crippen LogP contribution in [0.15, 0.2) is 78.9 Å². The molecule has 3 aromatic carbocycles. The van der Waals surface area contributed by atoms with Crippen LogP contribution in [0.4, 0.5) is 4.39 Å². The summed E-state index contributed by atoms with van der Waals surface area (Å²) in [6.45, 7) is 1.56. The van der Waals surface area contributed by atoms with Gasteiger partial charge in [-0.1, -0.05) is 72.8 Å². The molecule has 3 rings (SSSR count). The van der Waals surface area contributed by atoms with Gasteiger partial charge >= 0.3 is 0 Å². The molecule has 0 bridgehead atoms. The van der Waals surface area contributed by atoms with Crippen molar-refractivity contribution < 1.29 is 4.39 Å². The van der Waals surface area contributed by atoms with Gasteiger partial charge < -0.3 is 5.32 Å². The number of rotatable bonds is 6. The van der Waals surface area contributed by atoms with Gasteiger partial charge in [0.15, 0.2) is 0 Å². The lowest BCUT2D eigenvalue weighted by atomic mass is 10.0. The normalized spacial score (nSPS) is 10.2. The van der Waals surface area contributed by atoms with E-state index in [1.54, 1.807) is 6.07 Å². The van der Waals surface area contributed by atoms with E-state index in [4.69, 9.17) is 0 Å². The molecule has 0 aliphatic carbocycles. The van der Waals surface area contributed by atoms with Gasteiger partial charge in [-0.25, -0.2) is 4.39 Å². The third-order valence-electron chi connectivity index (χ3n) is 3.92. The van der Waals surface area contributed by atoms with Gasteiger partial charge in [-0.05, 0) is 41.3 Å². The van der Waals surface area contributed by atoms with Gasteiger partial charge in [0.1, 0.15) is 5.82 Å². The van der Waals surface area contributed by atoms with Crippen LogP contribution in [0.2, 0.25) is 0 Å². The molecule has 0 saturated heterocycles. The van der Waals surface area contributed by atoms with Gasteiger partial charge in [-0.3, -0.25) is 0 Å². The van der Waals surface area contributed by atoms with Crippen molar-refractivity contribution in [3.05, 3.63) is 95.8 Å². The molecule has 0 unspecified atom stereocenters. The van der Waals surface area contributed by atoms with Crippen molar-refractivity contribution in [2.75, 3.05) is 6.54 Å². The van der Waals surface area contributed by atoms with Crippen LogP contribution in [-0.4, -0.2) is 6.54 Å². The smallest absolute Gasteiger partial charge is 0.126 e. The molecule has 3 heteroatoms. The molecular weight excluding hydrogens is 321 g/mol. The zero-order valence-electron chi connectivity index (χ0n) is 13.4. The first-order valence-electron chi connectivity index (χ1n) is 7.91. The maximum Gasteiger partial charge on any atom is 0.126 e. The van der Waals surface area contributed by atoms with E-state index in [1.807, 2.05) is 30.3 Å². The Morgan fingerprint density at radius 3 is 2.04 bits per heavy atom. The Balaban J connectivity index is 0.00000208. The van der Waals surface area contributed by atoms with E-state index in [0.717, 1.165) is 18.7 Å². The molecule has 1 N–H and O–H groups in total. The molecule has 24 heavy (non-hydrogen) atoms. The van der Waals surface area contributed by atoms with Crippen molar-refractivity contribution >= 4 is 12.4 Å². The van der Waals surface area contributed by atoms with Crippen LogP contribution in [0.5, 0.6) is 0 Å². The number of hydrogen-bond donors (Lipinski definition) is 1. The van der Waals surface area contributed by atoms with Crippen molar-refractivity contribution in [2.24, 2.45) is 0 Å². The van der Waals surface area contributed by atoms with Crippen LogP contribution in [0.3, 0.4) is 0 Å². The Labute approximate surface area is 149 Å². The molecule has 0 aromatic heterocycles. The lowest BCUT2D eigenvalue weighted by molar-refractivity contribution is 0.598. The van der Waals surface area contributed by atoms with E-state index in [1.165, 1.54) is 22.8 Å². The van der Waals surface area contributed by atoms with E-state index in [0.29, 0.717) is 6.42 Å². The molecule has 0 radical (unpaired) electrons. The molecule has 0 aliphatic rings. The first kappa shape index (κ1) is 18.2. The quantitative estimate of drug-likeness (QED) is 0.604. The van der Waals surface area contributed by atoms with Crippen molar-refractivity contribution in [3.8, 4) is 11.1 Å². The number of benzene rings is 3. The van der Waals surface area contributed by atoms with Crippen molar-refractivity contribution in [1.29, 1.82) is 0 Å². The zero-order valence-corrected chi connectivity index (χ0v) is 14.2. The summed E-state index contributed by atoms with van der Waals surface area (Å²) >= 11 is 0. The summed E-state index contributed by atoms with van der Waals surface area (Å²) in [5, 5.41) is 3.37. The minimum Gasteiger partial charge on any atom is -0.312 e. The van der Waals surface area contributed by atoms with Crippen LogP contribution >= 0.6 is 12.4 Å². The highest BCUT2D eigenvalue weighted by molar-refractivity contribution is 5.85. The Hall–Kier alpha value is -2.16. The second-order valence-electron chi connectivity index (χ2n) is 5.58. The minimum absolute atomic E-state index is 0. The van der Waals surface area contributed by atoms with Gasteiger partial charge in [0.05, 0.1) is 0 Å². The lowest BCUT2D eigenvalue weighted by Crippen LogP contribution is -2.17. The fraction of sp³-hybridized carbons (Fsp3) is 0.143. The predicted octanol–water partition coefficient (Wildman–Crippen LogP) is 5.25. The molecule has 3 aromatic rings. The predicted molar refractivity (Wildman–Crippen MR) is 101 cm³/mol. The molecule has 0 fully saturated rings. The topological polar surface area (TPSA) is 12.0 Å². The fourth-order valence-electron chi connectivity index (χ4n) is 2.60. The van der Waals surface area contributed by atoms with E-state index in [2.05, 4.69) is 41.7 Å². The standard InChI is InChI=1S/C21H20FN.ClH/c22-21-9-5-4-8-20(21)14-15-23-16-17-10-12-19(13-11-17)18-6-2-1-3-7-18;/h1-13,23H,14-16H2;1H. The average molecular weight is 342 g/mol. The van der Waals surface area contributed by atoms with Crippen molar-refractivity contribution in [3.63, 3.8) is 0 Å². The molecule has 0 atom stereocenters. The first-order chi connectivity index (χ1) is 11.3. The van der Waals surface area contributed by atoms with Gasteiger partial charge in [0, 0.05) is 6.54 Å². The Morgan fingerprint density at radius 1 is 0.708 bits per heavy atom. The summed E-state index contributed by atoms with van der Waals surface area (Å²) in [6, 6.07) is 25.9. The first-order valence-corrected chi connectivity index (χ1v) is 7.91. The van der Waals surface area contributed by atoms with Gasteiger partial charge in [0.25, 0.3) is 0 Å². The van der Waals surface area contributed by atoms with Crippen LogP contribution < -0.4 is 5.32 Å². The molecule has 0 aliphatic heterocycles. The molecule has 0 amide bonds. The van der Waals surface area contributed by atoms with Crippen molar-refractivity contribution in [1.82, 2.24) is 5.32 Å². The minimum atomic E-state index is -0.124. The monoisotopic (exact) mass is 341 g/mol.